The number of nitrogens with zero attached hydrogens (tertiary/aromatic N) is 1. The van der Waals surface area contributed by atoms with Crippen LogP contribution < -0.4 is 14.4 Å². The molecule has 0 aromatic heterocycles. The van der Waals surface area contributed by atoms with Crippen LogP contribution in [0.15, 0.2) is 66.2 Å². The molecule has 1 saturated heterocycles. The van der Waals surface area contributed by atoms with Crippen LogP contribution in [0.4, 0.5) is 5.69 Å². The van der Waals surface area contributed by atoms with Crippen LogP contribution in [0, 0.1) is 20.8 Å². The summed E-state index contributed by atoms with van der Waals surface area (Å²) < 4.78 is 11.2. The van der Waals surface area contributed by atoms with E-state index in [0.717, 1.165) is 16.7 Å². The molecule has 3 aromatic rings. The van der Waals surface area contributed by atoms with Crippen LogP contribution >= 0.6 is 0 Å². The molecule has 6 nitrogen and oxygen atoms in total. The molecule has 0 aliphatic carbocycles. The Morgan fingerprint density at radius 1 is 0.943 bits per heavy atom. The Bertz CT molecular complexity index is 1340. The van der Waals surface area contributed by atoms with Crippen LogP contribution in [-0.2, 0) is 9.59 Å². The molecule has 35 heavy (non-hydrogen) atoms. The van der Waals surface area contributed by atoms with Gasteiger partial charge in [0, 0.05) is 11.3 Å². The van der Waals surface area contributed by atoms with E-state index >= 15 is 0 Å². The molecule has 1 amide bonds. The molecular formula is C29H29NO5. The second kappa shape index (κ2) is 9.66. The Balaban J connectivity index is 1.99. The van der Waals surface area contributed by atoms with Gasteiger partial charge in [-0.25, -0.2) is 0 Å². The largest absolute Gasteiger partial charge is 0.507 e. The minimum atomic E-state index is -0.846. The third-order valence-electron chi connectivity index (χ3n) is 6.18. The third-order valence-corrected chi connectivity index (χ3v) is 6.18. The van der Waals surface area contributed by atoms with Crippen LogP contribution in [0.1, 0.15) is 40.8 Å². The molecule has 0 saturated carbocycles. The number of ketones is 1. The normalized spacial score (nSPS) is 17.1. The quantitative estimate of drug-likeness (QED) is 0.286. The lowest BCUT2D eigenvalue weighted by molar-refractivity contribution is -0.132. The molecule has 180 valence electrons. The first kappa shape index (κ1) is 24.1. The standard InChI is InChI=1S/C29H29NO5/c1-6-35-23-13-12-20(16-24(23)34-5)26-25(27(31)22-15-18(3)10-11-19(22)4)28(32)29(33)30(26)21-9-7-8-17(2)14-21/h7-16,26,31H,6H2,1-5H3/b27-25+. The van der Waals surface area contributed by atoms with E-state index in [0.29, 0.717) is 34.9 Å². The number of aliphatic hydroxyl groups excluding tert-OH is 1. The molecule has 1 atom stereocenters. The molecular weight excluding hydrogens is 442 g/mol. The smallest absolute Gasteiger partial charge is 0.300 e. The summed E-state index contributed by atoms with van der Waals surface area (Å²) in [6.45, 7) is 8.04. The van der Waals surface area contributed by atoms with Crippen molar-refractivity contribution < 1.29 is 24.2 Å². The number of hydrogen-bond acceptors (Lipinski definition) is 5. The van der Waals surface area contributed by atoms with E-state index in [9.17, 15) is 14.7 Å². The number of hydrogen-bond donors (Lipinski definition) is 1. The molecule has 0 spiro atoms. The lowest BCUT2D eigenvalue weighted by atomic mass is 9.93. The predicted molar refractivity (Wildman–Crippen MR) is 136 cm³/mol. The molecule has 0 bridgehead atoms. The third kappa shape index (κ3) is 4.39. The summed E-state index contributed by atoms with van der Waals surface area (Å²) >= 11 is 0. The predicted octanol–water partition coefficient (Wildman–Crippen LogP) is 5.65. The highest BCUT2D eigenvalue weighted by molar-refractivity contribution is 6.51. The molecule has 4 rings (SSSR count). The Morgan fingerprint density at radius 2 is 1.69 bits per heavy atom. The highest BCUT2D eigenvalue weighted by Crippen LogP contribution is 2.44. The van der Waals surface area contributed by atoms with Gasteiger partial charge in [0.2, 0.25) is 0 Å². The Labute approximate surface area is 205 Å². The zero-order chi connectivity index (χ0) is 25.3. The number of rotatable bonds is 6. The van der Waals surface area contributed by atoms with Gasteiger partial charge in [0.1, 0.15) is 5.76 Å². The molecule has 1 aliphatic heterocycles. The Kier molecular flexibility index (Phi) is 6.65. The van der Waals surface area contributed by atoms with Crippen molar-refractivity contribution in [3.63, 3.8) is 0 Å². The van der Waals surface area contributed by atoms with Gasteiger partial charge in [-0.05, 0) is 74.7 Å². The zero-order valence-electron chi connectivity index (χ0n) is 20.6. The number of Topliss-reactive ketones (excluding diaryl/α,β-unsaturated/α-hetero) is 1. The van der Waals surface area contributed by atoms with Crippen LogP contribution in [0.5, 0.6) is 11.5 Å². The fourth-order valence-electron chi connectivity index (χ4n) is 4.46. The first-order valence-electron chi connectivity index (χ1n) is 11.5. The zero-order valence-corrected chi connectivity index (χ0v) is 20.6. The van der Waals surface area contributed by atoms with Crippen molar-refractivity contribution in [1.29, 1.82) is 0 Å². The number of carbonyl (C=O) groups is 2. The van der Waals surface area contributed by atoms with Crippen molar-refractivity contribution in [3.8, 4) is 11.5 Å². The summed E-state index contributed by atoms with van der Waals surface area (Å²) in [5.41, 5.74) is 4.44. The van der Waals surface area contributed by atoms with Crippen molar-refractivity contribution in [2.24, 2.45) is 0 Å². The van der Waals surface area contributed by atoms with E-state index in [1.165, 1.54) is 12.0 Å². The van der Waals surface area contributed by atoms with Crippen LogP contribution in [0.25, 0.3) is 5.76 Å². The van der Waals surface area contributed by atoms with Gasteiger partial charge in [-0.15, -0.1) is 0 Å². The topological polar surface area (TPSA) is 76.1 Å². The summed E-state index contributed by atoms with van der Waals surface area (Å²) in [5.74, 6) is -0.590. The Morgan fingerprint density at radius 3 is 2.37 bits per heavy atom. The van der Waals surface area contributed by atoms with Crippen molar-refractivity contribution in [1.82, 2.24) is 0 Å². The van der Waals surface area contributed by atoms with Gasteiger partial charge < -0.3 is 14.6 Å². The van der Waals surface area contributed by atoms with E-state index < -0.39 is 17.7 Å². The van der Waals surface area contributed by atoms with Gasteiger partial charge in [0.25, 0.3) is 11.7 Å². The first-order chi connectivity index (χ1) is 16.8. The van der Waals surface area contributed by atoms with E-state index in [-0.39, 0.29) is 11.3 Å². The van der Waals surface area contributed by atoms with Gasteiger partial charge in [-0.2, -0.15) is 0 Å². The second-order valence-electron chi connectivity index (χ2n) is 8.67. The SMILES string of the molecule is CCOc1ccc(C2/C(=C(\O)c3cc(C)ccc3C)C(=O)C(=O)N2c2cccc(C)c2)cc1OC. The van der Waals surface area contributed by atoms with E-state index in [1.807, 2.05) is 64.1 Å². The average molecular weight is 472 g/mol. The number of aryl methyl sites for hydroxylation is 3. The maximum atomic E-state index is 13.4. The number of methoxy groups -OCH3 is 1. The number of ether oxygens (including phenoxy) is 2. The summed E-state index contributed by atoms with van der Waals surface area (Å²) in [6.07, 6.45) is 0. The maximum Gasteiger partial charge on any atom is 0.300 e. The number of amides is 1. The fraction of sp³-hybridized carbons (Fsp3) is 0.241. The number of anilines is 1. The fourth-order valence-corrected chi connectivity index (χ4v) is 4.46. The van der Waals surface area contributed by atoms with Gasteiger partial charge in [-0.1, -0.05) is 35.9 Å². The van der Waals surface area contributed by atoms with E-state index in [1.54, 1.807) is 24.3 Å². The van der Waals surface area contributed by atoms with Crippen LogP contribution in [-0.4, -0.2) is 30.5 Å². The Hall–Kier alpha value is -4.06. The van der Waals surface area contributed by atoms with Gasteiger partial charge in [0.05, 0.1) is 25.3 Å². The molecule has 0 radical (unpaired) electrons. The van der Waals surface area contributed by atoms with Crippen molar-refractivity contribution in [3.05, 3.63) is 94.1 Å². The molecule has 1 N–H and O–H groups in total. The molecule has 6 heteroatoms. The highest BCUT2D eigenvalue weighted by Gasteiger charge is 2.47. The maximum absolute atomic E-state index is 13.4. The lowest BCUT2D eigenvalue weighted by Gasteiger charge is -2.26. The summed E-state index contributed by atoms with van der Waals surface area (Å²) in [4.78, 5) is 28.3. The minimum absolute atomic E-state index is 0.0384. The van der Waals surface area contributed by atoms with Crippen molar-refractivity contribution in [2.45, 2.75) is 33.7 Å². The van der Waals surface area contributed by atoms with Crippen molar-refractivity contribution in [2.75, 3.05) is 18.6 Å². The van der Waals surface area contributed by atoms with Gasteiger partial charge in [-0.3, -0.25) is 14.5 Å². The number of benzene rings is 3. The van der Waals surface area contributed by atoms with Crippen LogP contribution in [0.3, 0.4) is 0 Å². The molecule has 3 aromatic carbocycles. The summed E-state index contributed by atoms with van der Waals surface area (Å²) in [6, 6.07) is 17.5. The monoisotopic (exact) mass is 471 g/mol. The van der Waals surface area contributed by atoms with E-state index in [4.69, 9.17) is 9.47 Å². The number of aliphatic hydroxyl groups is 1. The molecule has 1 fully saturated rings. The molecule has 1 aliphatic rings. The first-order valence-corrected chi connectivity index (χ1v) is 11.5. The molecule has 1 heterocycles. The number of carbonyl (C=O) groups excluding carboxylic acids is 2. The second-order valence-corrected chi connectivity index (χ2v) is 8.67. The van der Waals surface area contributed by atoms with Gasteiger partial charge >= 0.3 is 0 Å². The highest BCUT2D eigenvalue weighted by atomic mass is 16.5. The lowest BCUT2D eigenvalue weighted by Crippen LogP contribution is -2.29. The van der Waals surface area contributed by atoms with Gasteiger partial charge in [0.15, 0.2) is 11.5 Å². The average Bonchev–Trinajstić information content (AvgIpc) is 3.11. The molecule has 1 unspecified atom stereocenters. The van der Waals surface area contributed by atoms with Crippen molar-refractivity contribution >= 4 is 23.1 Å². The summed E-state index contributed by atoms with van der Waals surface area (Å²) in [7, 11) is 1.54. The van der Waals surface area contributed by atoms with Crippen LogP contribution in [0.2, 0.25) is 0 Å². The minimum Gasteiger partial charge on any atom is -0.507 e. The summed E-state index contributed by atoms with van der Waals surface area (Å²) in [5, 5.41) is 11.5. The van der Waals surface area contributed by atoms with E-state index in [2.05, 4.69) is 0 Å².